The van der Waals surface area contributed by atoms with Crippen LogP contribution in [0, 0.1) is 6.92 Å². The zero-order valence-electron chi connectivity index (χ0n) is 11.5. The molecule has 1 saturated heterocycles. The molecule has 1 atom stereocenters. The predicted molar refractivity (Wildman–Crippen MR) is 75.1 cm³/mol. The number of rotatable bonds is 4. The summed E-state index contributed by atoms with van der Waals surface area (Å²) in [7, 11) is 1.60. The van der Waals surface area contributed by atoms with E-state index in [0.29, 0.717) is 31.2 Å². The van der Waals surface area contributed by atoms with E-state index in [0.717, 1.165) is 10.4 Å². The number of likely N-dealkylation sites (N-methyl/N-ethyl adjacent to an activating group) is 1. The second-order valence-electron chi connectivity index (χ2n) is 4.67. The second kappa shape index (κ2) is 6.34. The molecular weight excluding hydrogens is 280 g/mol. The van der Waals surface area contributed by atoms with E-state index in [1.165, 1.54) is 11.3 Å². The predicted octanol–water partition coefficient (Wildman–Crippen LogP) is 0.702. The summed E-state index contributed by atoms with van der Waals surface area (Å²) in [6.07, 6.45) is 0. The van der Waals surface area contributed by atoms with E-state index < -0.39 is 5.97 Å². The van der Waals surface area contributed by atoms with Crippen LogP contribution in [0.4, 0.5) is 0 Å². The molecule has 1 unspecified atom stereocenters. The van der Waals surface area contributed by atoms with Gasteiger partial charge in [-0.05, 0) is 18.6 Å². The van der Waals surface area contributed by atoms with Crippen LogP contribution in [0.5, 0.6) is 0 Å². The van der Waals surface area contributed by atoms with Crippen molar-refractivity contribution in [3.63, 3.8) is 0 Å². The first-order chi connectivity index (χ1) is 9.52. The van der Waals surface area contributed by atoms with Crippen LogP contribution in [-0.2, 0) is 16.1 Å². The van der Waals surface area contributed by atoms with Crippen LogP contribution >= 0.6 is 11.3 Å². The number of carbonyl (C=O) groups excluding carboxylic acids is 1. The number of aromatic carboxylic acids is 1. The van der Waals surface area contributed by atoms with Crippen molar-refractivity contribution < 1.29 is 19.4 Å². The molecule has 1 fully saturated rings. The van der Waals surface area contributed by atoms with E-state index in [9.17, 15) is 9.59 Å². The minimum absolute atomic E-state index is 0.0731. The molecule has 0 spiro atoms. The lowest BCUT2D eigenvalue weighted by Crippen LogP contribution is -2.52. The van der Waals surface area contributed by atoms with Crippen molar-refractivity contribution in [3.05, 3.63) is 21.4 Å². The van der Waals surface area contributed by atoms with Crippen molar-refractivity contribution >= 4 is 23.2 Å². The van der Waals surface area contributed by atoms with E-state index in [2.05, 4.69) is 5.32 Å². The summed E-state index contributed by atoms with van der Waals surface area (Å²) in [5.41, 5.74) is 0.961. The van der Waals surface area contributed by atoms with Gasteiger partial charge < -0.3 is 15.2 Å². The number of ether oxygens (including phenoxy) is 1. The van der Waals surface area contributed by atoms with Gasteiger partial charge in [0, 0.05) is 25.0 Å². The zero-order chi connectivity index (χ0) is 14.7. The number of carboxylic acid groups (broad SMARTS) is 1. The average molecular weight is 298 g/mol. The Morgan fingerprint density at radius 3 is 2.95 bits per heavy atom. The van der Waals surface area contributed by atoms with Gasteiger partial charge in [0.05, 0.1) is 13.2 Å². The molecule has 1 aromatic heterocycles. The second-order valence-corrected chi connectivity index (χ2v) is 5.93. The molecule has 2 heterocycles. The number of hydrogen-bond acceptors (Lipinski definition) is 5. The minimum atomic E-state index is -0.908. The van der Waals surface area contributed by atoms with E-state index in [4.69, 9.17) is 9.84 Å². The largest absolute Gasteiger partial charge is 0.477 e. The van der Waals surface area contributed by atoms with E-state index in [-0.39, 0.29) is 11.9 Å². The Balaban J connectivity index is 2.14. The van der Waals surface area contributed by atoms with Crippen molar-refractivity contribution in [3.8, 4) is 0 Å². The monoisotopic (exact) mass is 298 g/mol. The quantitative estimate of drug-likeness (QED) is 0.855. The van der Waals surface area contributed by atoms with Crippen LogP contribution in [0.15, 0.2) is 6.07 Å². The number of nitrogens with one attached hydrogen (secondary N) is 1. The molecule has 1 amide bonds. The van der Waals surface area contributed by atoms with Crippen molar-refractivity contribution in [1.29, 1.82) is 0 Å². The molecule has 1 aliphatic heterocycles. The summed E-state index contributed by atoms with van der Waals surface area (Å²) < 4.78 is 5.35. The lowest BCUT2D eigenvalue weighted by atomic mass is 10.1. The van der Waals surface area contributed by atoms with Crippen molar-refractivity contribution in [2.45, 2.75) is 19.5 Å². The molecule has 1 aromatic rings. The molecule has 2 N–H and O–H groups in total. The van der Waals surface area contributed by atoms with E-state index in [1.807, 2.05) is 11.8 Å². The highest BCUT2D eigenvalue weighted by atomic mass is 32.1. The standard InChI is InChI=1S/C13H18N2O4S/c1-8-9(5-11(20-8)13(17)18)6-15-3-4-19-7-10(15)12(16)14-2/h5,10H,3-4,6-7H2,1-2H3,(H,14,16)(H,17,18). The number of carbonyl (C=O) groups is 2. The summed E-state index contributed by atoms with van der Waals surface area (Å²) in [5, 5.41) is 11.7. The average Bonchev–Trinajstić information content (AvgIpc) is 2.80. The van der Waals surface area contributed by atoms with Gasteiger partial charge in [-0.3, -0.25) is 9.69 Å². The molecule has 20 heavy (non-hydrogen) atoms. The molecule has 0 bridgehead atoms. The maximum absolute atomic E-state index is 11.8. The summed E-state index contributed by atoms with van der Waals surface area (Å²) in [4.78, 5) is 26.2. The van der Waals surface area contributed by atoms with Crippen LogP contribution in [0.2, 0.25) is 0 Å². The Kier molecular flexibility index (Phi) is 4.74. The van der Waals surface area contributed by atoms with Crippen LogP contribution < -0.4 is 5.32 Å². The van der Waals surface area contributed by atoms with Gasteiger partial charge in [0.2, 0.25) is 5.91 Å². The Hall–Kier alpha value is -1.44. The molecule has 0 aromatic carbocycles. The number of morpholine rings is 1. The maximum Gasteiger partial charge on any atom is 0.345 e. The number of amides is 1. The third kappa shape index (κ3) is 3.17. The van der Waals surface area contributed by atoms with Gasteiger partial charge >= 0.3 is 5.97 Å². The first-order valence-electron chi connectivity index (χ1n) is 6.39. The van der Waals surface area contributed by atoms with Gasteiger partial charge in [-0.15, -0.1) is 11.3 Å². The number of hydrogen-bond donors (Lipinski definition) is 2. The van der Waals surface area contributed by atoms with Gasteiger partial charge in [0.25, 0.3) is 0 Å². The summed E-state index contributed by atoms with van der Waals surface area (Å²) >= 11 is 1.27. The molecule has 110 valence electrons. The van der Waals surface area contributed by atoms with Crippen molar-refractivity contribution in [2.24, 2.45) is 0 Å². The molecule has 6 nitrogen and oxygen atoms in total. The molecule has 2 rings (SSSR count). The van der Waals surface area contributed by atoms with Crippen LogP contribution in [0.25, 0.3) is 0 Å². The summed E-state index contributed by atoms with van der Waals surface area (Å²) in [5.74, 6) is -0.981. The van der Waals surface area contributed by atoms with Gasteiger partial charge in [0.1, 0.15) is 10.9 Å². The Bertz CT molecular complexity index is 514. The fraction of sp³-hybridized carbons (Fsp3) is 0.538. The lowest BCUT2D eigenvalue weighted by molar-refractivity contribution is -0.132. The van der Waals surface area contributed by atoms with Crippen LogP contribution in [-0.4, -0.2) is 54.7 Å². The smallest absolute Gasteiger partial charge is 0.345 e. The van der Waals surface area contributed by atoms with Gasteiger partial charge in [-0.2, -0.15) is 0 Å². The fourth-order valence-corrected chi connectivity index (χ4v) is 3.11. The highest BCUT2D eigenvalue weighted by molar-refractivity contribution is 7.14. The van der Waals surface area contributed by atoms with Crippen molar-refractivity contribution in [2.75, 3.05) is 26.8 Å². The SMILES string of the molecule is CNC(=O)C1COCCN1Cc1cc(C(=O)O)sc1C. The van der Waals surface area contributed by atoms with Gasteiger partial charge in [0.15, 0.2) is 0 Å². The molecule has 0 saturated carbocycles. The molecule has 1 aliphatic rings. The summed E-state index contributed by atoms with van der Waals surface area (Å²) in [6.45, 7) is 4.09. The Morgan fingerprint density at radius 1 is 1.60 bits per heavy atom. The molecular formula is C13H18N2O4S. The van der Waals surface area contributed by atoms with Gasteiger partial charge in [-0.25, -0.2) is 4.79 Å². The zero-order valence-corrected chi connectivity index (χ0v) is 12.3. The number of nitrogens with zero attached hydrogens (tertiary/aromatic N) is 1. The Morgan fingerprint density at radius 2 is 2.35 bits per heavy atom. The third-order valence-corrected chi connectivity index (χ3v) is 4.47. The van der Waals surface area contributed by atoms with Crippen LogP contribution in [0.1, 0.15) is 20.1 Å². The Labute approximate surface area is 121 Å². The highest BCUT2D eigenvalue weighted by Gasteiger charge is 2.29. The first-order valence-corrected chi connectivity index (χ1v) is 7.20. The molecule has 0 aliphatic carbocycles. The first kappa shape index (κ1) is 15.0. The number of carboxylic acids is 1. The summed E-state index contributed by atoms with van der Waals surface area (Å²) in [6, 6.07) is 1.37. The number of aryl methyl sites for hydroxylation is 1. The van der Waals surface area contributed by atoms with E-state index in [1.54, 1.807) is 13.1 Å². The molecule has 0 radical (unpaired) electrons. The van der Waals surface area contributed by atoms with Gasteiger partial charge in [-0.1, -0.05) is 0 Å². The van der Waals surface area contributed by atoms with Crippen molar-refractivity contribution in [1.82, 2.24) is 10.2 Å². The topological polar surface area (TPSA) is 78.9 Å². The van der Waals surface area contributed by atoms with Crippen LogP contribution in [0.3, 0.4) is 0 Å². The minimum Gasteiger partial charge on any atom is -0.477 e. The third-order valence-electron chi connectivity index (χ3n) is 3.39. The fourth-order valence-electron chi connectivity index (χ4n) is 2.24. The lowest BCUT2D eigenvalue weighted by Gasteiger charge is -2.34. The van der Waals surface area contributed by atoms with E-state index >= 15 is 0 Å². The highest BCUT2D eigenvalue weighted by Crippen LogP contribution is 2.24. The maximum atomic E-state index is 11.8. The molecule has 7 heteroatoms. The normalized spacial score (nSPS) is 19.8. The number of thiophene rings is 1.